The van der Waals surface area contributed by atoms with Gasteiger partial charge >= 0.3 is 0 Å². The molecule has 3 heterocycles. The number of carbonyl (C=O) groups excluding carboxylic acids is 2. The zero-order valence-corrected chi connectivity index (χ0v) is 12.9. The number of ether oxygens (including phenoxy) is 1. The molecular formula is C15H22N4O3. The Morgan fingerprint density at radius 2 is 2.36 bits per heavy atom. The summed E-state index contributed by atoms with van der Waals surface area (Å²) in [6, 6.07) is 0. The third-order valence-corrected chi connectivity index (χ3v) is 4.37. The van der Waals surface area contributed by atoms with Crippen LogP contribution < -0.4 is 5.32 Å². The molecule has 2 amide bonds. The lowest BCUT2D eigenvalue weighted by Crippen LogP contribution is -2.31. The number of fused-ring (bicyclic) bond motifs is 1. The molecule has 1 fully saturated rings. The number of anilines is 1. The molecule has 3 rings (SSSR count). The topological polar surface area (TPSA) is 76.5 Å². The molecule has 1 N–H and O–H groups in total. The number of amides is 2. The number of aromatic nitrogens is 2. The van der Waals surface area contributed by atoms with Crippen LogP contribution in [-0.2, 0) is 27.3 Å². The highest BCUT2D eigenvalue weighted by Gasteiger charge is 2.34. The fraction of sp³-hybridized carbons (Fsp3) is 0.667. The van der Waals surface area contributed by atoms with Crippen molar-refractivity contribution in [3.8, 4) is 0 Å². The third-order valence-electron chi connectivity index (χ3n) is 4.37. The number of aryl methyl sites for hydroxylation is 1. The van der Waals surface area contributed by atoms with Gasteiger partial charge < -0.3 is 19.5 Å². The van der Waals surface area contributed by atoms with E-state index in [2.05, 4.69) is 14.9 Å². The van der Waals surface area contributed by atoms with E-state index in [1.54, 1.807) is 18.2 Å². The molecule has 120 valence electrons. The van der Waals surface area contributed by atoms with Crippen LogP contribution in [0.3, 0.4) is 0 Å². The quantitative estimate of drug-likeness (QED) is 0.866. The Kier molecular flexibility index (Phi) is 4.42. The zero-order chi connectivity index (χ0) is 15.5. The number of hydrogen-bond donors (Lipinski definition) is 1. The van der Waals surface area contributed by atoms with Gasteiger partial charge in [0.15, 0.2) is 0 Å². The zero-order valence-electron chi connectivity index (χ0n) is 12.9. The molecule has 2 aliphatic heterocycles. The second kappa shape index (κ2) is 6.48. The second-order valence-corrected chi connectivity index (χ2v) is 5.89. The standard InChI is InChI=1S/C15H22N4O3/c1-22-7-6-18-10-11(8-14(18)20)15(21)17-13-9-16-12-4-2-3-5-19(12)13/h9,11H,2-8,10H2,1H3,(H,17,21)/t11-/m0/s1. The van der Waals surface area contributed by atoms with Gasteiger partial charge in [0.05, 0.1) is 18.7 Å². The number of imidazole rings is 1. The minimum absolute atomic E-state index is 0.0208. The number of nitrogens with zero attached hydrogens (tertiary/aromatic N) is 3. The van der Waals surface area contributed by atoms with Crippen molar-refractivity contribution >= 4 is 17.6 Å². The number of rotatable bonds is 5. The summed E-state index contributed by atoms with van der Waals surface area (Å²) in [5.74, 6) is 1.42. The molecule has 0 spiro atoms. The molecule has 1 atom stereocenters. The van der Waals surface area contributed by atoms with Crippen LogP contribution in [0.5, 0.6) is 0 Å². The van der Waals surface area contributed by atoms with E-state index in [0.717, 1.165) is 37.4 Å². The summed E-state index contributed by atoms with van der Waals surface area (Å²) >= 11 is 0. The first-order valence-electron chi connectivity index (χ1n) is 7.81. The van der Waals surface area contributed by atoms with Crippen LogP contribution in [-0.4, -0.2) is 53.1 Å². The van der Waals surface area contributed by atoms with Crippen molar-refractivity contribution < 1.29 is 14.3 Å². The van der Waals surface area contributed by atoms with Gasteiger partial charge in [-0.1, -0.05) is 0 Å². The van der Waals surface area contributed by atoms with Crippen molar-refractivity contribution in [2.45, 2.75) is 32.2 Å². The predicted octanol–water partition coefficient (Wildman–Crippen LogP) is 0.653. The van der Waals surface area contributed by atoms with E-state index in [9.17, 15) is 9.59 Å². The van der Waals surface area contributed by atoms with Gasteiger partial charge in [-0.05, 0) is 12.8 Å². The van der Waals surface area contributed by atoms with Crippen LogP contribution in [0.2, 0.25) is 0 Å². The van der Waals surface area contributed by atoms with E-state index in [4.69, 9.17) is 4.74 Å². The van der Waals surface area contributed by atoms with Gasteiger partial charge in [0.1, 0.15) is 11.6 Å². The highest BCUT2D eigenvalue weighted by Crippen LogP contribution is 2.22. The normalized spacial score (nSPS) is 21.0. The van der Waals surface area contributed by atoms with Crippen molar-refractivity contribution in [3.05, 3.63) is 12.0 Å². The summed E-state index contributed by atoms with van der Waals surface area (Å²) in [6.07, 6.45) is 5.21. The monoisotopic (exact) mass is 306 g/mol. The fourth-order valence-corrected chi connectivity index (χ4v) is 3.11. The number of hydrogen-bond acceptors (Lipinski definition) is 4. The molecule has 1 saturated heterocycles. The maximum absolute atomic E-state index is 12.4. The molecule has 1 aromatic heterocycles. The Bertz CT molecular complexity index is 569. The summed E-state index contributed by atoms with van der Waals surface area (Å²) < 4.78 is 7.06. The summed E-state index contributed by atoms with van der Waals surface area (Å²) in [7, 11) is 1.60. The smallest absolute Gasteiger partial charge is 0.230 e. The van der Waals surface area contributed by atoms with E-state index >= 15 is 0 Å². The first-order chi connectivity index (χ1) is 10.7. The van der Waals surface area contributed by atoms with Gasteiger partial charge in [-0.15, -0.1) is 0 Å². The third kappa shape index (κ3) is 2.99. The Morgan fingerprint density at radius 3 is 3.18 bits per heavy atom. The van der Waals surface area contributed by atoms with Gasteiger partial charge in [-0.25, -0.2) is 4.98 Å². The van der Waals surface area contributed by atoms with Gasteiger partial charge in [0.25, 0.3) is 0 Å². The van der Waals surface area contributed by atoms with E-state index in [1.165, 1.54) is 0 Å². The maximum atomic E-state index is 12.4. The Hall–Kier alpha value is -1.89. The van der Waals surface area contributed by atoms with Crippen molar-refractivity contribution in [2.75, 3.05) is 32.1 Å². The predicted molar refractivity (Wildman–Crippen MR) is 80.4 cm³/mol. The van der Waals surface area contributed by atoms with Gasteiger partial charge in [0, 0.05) is 39.6 Å². The highest BCUT2D eigenvalue weighted by atomic mass is 16.5. The number of methoxy groups -OCH3 is 1. The Labute approximate surface area is 129 Å². The molecule has 7 heteroatoms. The SMILES string of the molecule is COCCN1C[C@@H](C(=O)Nc2cnc3n2CCCC3)CC1=O. The van der Waals surface area contributed by atoms with E-state index in [-0.39, 0.29) is 24.2 Å². The van der Waals surface area contributed by atoms with Crippen molar-refractivity contribution in [1.82, 2.24) is 14.5 Å². The number of likely N-dealkylation sites (tertiary alicyclic amines) is 1. The van der Waals surface area contributed by atoms with Gasteiger partial charge in [0.2, 0.25) is 11.8 Å². The molecule has 7 nitrogen and oxygen atoms in total. The lowest BCUT2D eigenvalue weighted by atomic mass is 10.1. The minimum atomic E-state index is -0.293. The molecule has 22 heavy (non-hydrogen) atoms. The fourth-order valence-electron chi connectivity index (χ4n) is 3.11. The molecule has 0 bridgehead atoms. The molecule has 0 unspecified atom stereocenters. The highest BCUT2D eigenvalue weighted by molar-refractivity contribution is 5.96. The van der Waals surface area contributed by atoms with Crippen molar-refractivity contribution in [2.24, 2.45) is 5.92 Å². The number of nitrogens with one attached hydrogen (secondary N) is 1. The lowest BCUT2D eigenvalue weighted by molar-refractivity contribution is -0.128. The number of carbonyl (C=O) groups is 2. The van der Waals surface area contributed by atoms with Gasteiger partial charge in [-0.3, -0.25) is 9.59 Å². The Balaban J connectivity index is 1.61. The van der Waals surface area contributed by atoms with E-state index in [1.807, 2.05) is 0 Å². The molecule has 0 aromatic carbocycles. The van der Waals surface area contributed by atoms with Crippen LogP contribution in [0.4, 0.5) is 5.82 Å². The van der Waals surface area contributed by atoms with Crippen LogP contribution in [0, 0.1) is 5.92 Å². The average molecular weight is 306 g/mol. The molecular weight excluding hydrogens is 284 g/mol. The first kappa shape index (κ1) is 15.0. The first-order valence-corrected chi connectivity index (χ1v) is 7.81. The average Bonchev–Trinajstić information content (AvgIpc) is 3.10. The summed E-state index contributed by atoms with van der Waals surface area (Å²) in [4.78, 5) is 30.4. The summed E-state index contributed by atoms with van der Waals surface area (Å²) in [5, 5.41) is 2.94. The van der Waals surface area contributed by atoms with E-state index in [0.29, 0.717) is 19.7 Å². The molecule has 0 aliphatic carbocycles. The lowest BCUT2D eigenvalue weighted by Gasteiger charge is -2.18. The second-order valence-electron chi connectivity index (χ2n) is 5.89. The van der Waals surface area contributed by atoms with Crippen LogP contribution in [0.1, 0.15) is 25.1 Å². The van der Waals surface area contributed by atoms with Crippen molar-refractivity contribution in [3.63, 3.8) is 0 Å². The summed E-state index contributed by atoms with van der Waals surface area (Å²) in [6.45, 7) is 2.40. The van der Waals surface area contributed by atoms with Gasteiger partial charge in [-0.2, -0.15) is 0 Å². The summed E-state index contributed by atoms with van der Waals surface area (Å²) in [5.41, 5.74) is 0. The van der Waals surface area contributed by atoms with Crippen molar-refractivity contribution in [1.29, 1.82) is 0 Å². The largest absolute Gasteiger partial charge is 0.383 e. The van der Waals surface area contributed by atoms with Crippen LogP contribution in [0.15, 0.2) is 6.20 Å². The molecule has 0 saturated carbocycles. The Morgan fingerprint density at radius 1 is 1.50 bits per heavy atom. The van der Waals surface area contributed by atoms with Crippen LogP contribution in [0.25, 0.3) is 0 Å². The minimum Gasteiger partial charge on any atom is -0.383 e. The van der Waals surface area contributed by atoms with E-state index < -0.39 is 0 Å². The molecule has 1 aromatic rings. The molecule has 0 radical (unpaired) electrons. The maximum Gasteiger partial charge on any atom is 0.230 e. The van der Waals surface area contributed by atoms with Crippen LogP contribution >= 0.6 is 0 Å². The molecule has 2 aliphatic rings.